The Balaban J connectivity index is 3.64. The van der Waals surface area contributed by atoms with Crippen LogP contribution in [0.25, 0.3) is 0 Å². The smallest absolute Gasteiger partial charge is 0.0418 e. The molecule has 0 radical (unpaired) electrons. The standard InChI is InChI=1S/C18H26FN3/c1-13-12-14(2)18(3,4)16(8-7-10-20-5)15(9-11-22-19)17(13)21-6/h7-8,10-12,21H,9H2,1-6H3/b8-7-,20-10?,22-11?. The molecule has 0 spiro atoms. The molecule has 0 aromatic heterocycles. The summed E-state index contributed by atoms with van der Waals surface area (Å²) in [6.45, 7) is 8.56. The SMILES string of the molecule is CN=C/C=C\C1=C(CC=NF)C(NC)=C(C)C=C(C)C1(C)C. The van der Waals surface area contributed by atoms with Crippen molar-refractivity contribution >= 4 is 12.4 Å². The average Bonchev–Trinajstić information content (AvgIpc) is 2.53. The van der Waals surface area contributed by atoms with Gasteiger partial charge in [0, 0.05) is 44.1 Å². The van der Waals surface area contributed by atoms with Gasteiger partial charge in [-0.3, -0.25) is 4.99 Å². The van der Waals surface area contributed by atoms with E-state index in [1.165, 1.54) is 11.8 Å². The van der Waals surface area contributed by atoms with Crippen LogP contribution >= 0.6 is 0 Å². The van der Waals surface area contributed by atoms with Crippen molar-refractivity contribution in [2.75, 3.05) is 14.1 Å². The van der Waals surface area contributed by atoms with E-state index in [-0.39, 0.29) is 5.41 Å². The molecule has 0 aliphatic heterocycles. The van der Waals surface area contributed by atoms with E-state index in [9.17, 15) is 4.48 Å². The summed E-state index contributed by atoms with van der Waals surface area (Å²) in [5, 5.41) is 5.93. The minimum atomic E-state index is -0.155. The number of hydrogen-bond acceptors (Lipinski definition) is 3. The number of hydrogen-bond donors (Lipinski definition) is 1. The van der Waals surface area contributed by atoms with E-state index in [1.807, 2.05) is 13.1 Å². The Bertz CT molecular complexity index is 587. The first-order valence-corrected chi connectivity index (χ1v) is 7.43. The van der Waals surface area contributed by atoms with Gasteiger partial charge in [-0.15, -0.1) is 0 Å². The van der Waals surface area contributed by atoms with Gasteiger partial charge in [0.25, 0.3) is 0 Å². The number of allylic oxidation sites excluding steroid dienone is 7. The highest BCUT2D eigenvalue weighted by atomic mass is 19.2. The highest BCUT2D eigenvalue weighted by Gasteiger charge is 2.30. The third-order valence-corrected chi connectivity index (χ3v) is 4.23. The Morgan fingerprint density at radius 1 is 1.32 bits per heavy atom. The molecule has 0 atom stereocenters. The first kappa shape index (κ1) is 18.1. The molecule has 22 heavy (non-hydrogen) atoms. The molecular formula is C18H26FN3. The zero-order chi connectivity index (χ0) is 16.8. The van der Waals surface area contributed by atoms with Crippen molar-refractivity contribution in [3.05, 3.63) is 46.2 Å². The Morgan fingerprint density at radius 3 is 2.55 bits per heavy atom. The lowest BCUT2D eigenvalue weighted by molar-refractivity contribution is 0.537. The molecule has 0 saturated carbocycles. The van der Waals surface area contributed by atoms with Gasteiger partial charge in [-0.1, -0.05) is 41.3 Å². The lowest BCUT2D eigenvalue weighted by atomic mass is 9.75. The molecule has 120 valence electrons. The second kappa shape index (κ2) is 7.87. The number of rotatable bonds is 5. The van der Waals surface area contributed by atoms with Crippen LogP contribution in [0.1, 0.15) is 34.1 Å². The van der Waals surface area contributed by atoms with Gasteiger partial charge in [-0.2, -0.15) is 0 Å². The predicted octanol–water partition coefficient (Wildman–Crippen LogP) is 4.36. The number of aliphatic imine (C=N–C) groups is 1. The third-order valence-electron chi connectivity index (χ3n) is 4.23. The van der Waals surface area contributed by atoms with Gasteiger partial charge in [0.1, 0.15) is 0 Å². The number of nitrogens with zero attached hydrogens (tertiary/aromatic N) is 2. The predicted molar refractivity (Wildman–Crippen MR) is 94.1 cm³/mol. The van der Waals surface area contributed by atoms with Gasteiger partial charge in [-0.05, 0) is 36.6 Å². The van der Waals surface area contributed by atoms with E-state index in [1.54, 1.807) is 13.3 Å². The summed E-state index contributed by atoms with van der Waals surface area (Å²) in [6.07, 6.45) is 9.67. The molecule has 0 aromatic rings. The summed E-state index contributed by atoms with van der Waals surface area (Å²) in [7, 11) is 3.63. The van der Waals surface area contributed by atoms with Crippen LogP contribution in [0.2, 0.25) is 0 Å². The summed E-state index contributed by atoms with van der Waals surface area (Å²) in [5.74, 6) is 0. The van der Waals surface area contributed by atoms with Crippen molar-refractivity contribution in [1.29, 1.82) is 0 Å². The van der Waals surface area contributed by atoms with Crippen LogP contribution in [0.4, 0.5) is 4.48 Å². The molecule has 0 heterocycles. The van der Waals surface area contributed by atoms with Crippen molar-refractivity contribution in [3.63, 3.8) is 0 Å². The summed E-state index contributed by atoms with van der Waals surface area (Å²) >= 11 is 0. The lowest BCUT2D eigenvalue weighted by Gasteiger charge is -2.29. The summed E-state index contributed by atoms with van der Waals surface area (Å²) in [6, 6.07) is 0. The van der Waals surface area contributed by atoms with Crippen molar-refractivity contribution in [3.8, 4) is 0 Å². The molecule has 1 aliphatic rings. The maximum Gasteiger partial charge on any atom is 0.0418 e. The quantitative estimate of drug-likeness (QED) is 0.753. The van der Waals surface area contributed by atoms with Crippen LogP contribution in [0.5, 0.6) is 0 Å². The Kier molecular flexibility index (Phi) is 6.47. The maximum absolute atomic E-state index is 12.3. The van der Waals surface area contributed by atoms with Gasteiger partial charge in [0.15, 0.2) is 0 Å². The number of likely N-dealkylation sites (N-methyl/N-ethyl adjacent to an activating group) is 1. The van der Waals surface area contributed by atoms with Crippen LogP contribution in [0.3, 0.4) is 0 Å². The molecule has 1 rings (SSSR count). The highest BCUT2D eigenvalue weighted by Crippen LogP contribution is 2.42. The van der Waals surface area contributed by atoms with E-state index < -0.39 is 0 Å². The lowest BCUT2D eigenvalue weighted by Crippen LogP contribution is -2.19. The van der Waals surface area contributed by atoms with E-state index in [0.717, 1.165) is 22.4 Å². The van der Waals surface area contributed by atoms with Crippen LogP contribution in [0.15, 0.2) is 56.4 Å². The largest absolute Gasteiger partial charge is 0.388 e. The van der Waals surface area contributed by atoms with Crippen molar-refractivity contribution in [2.45, 2.75) is 34.1 Å². The van der Waals surface area contributed by atoms with Gasteiger partial charge in [-0.25, -0.2) is 0 Å². The van der Waals surface area contributed by atoms with Crippen LogP contribution in [-0.4, -0.2) is 26.5 Å². The molecule has 0 aromatic carbocycles. The summed E-state index contributed by atoms with van der Waals surface area (Å²) in [4.78, 5) is 3.99. The van der Waals surface area contributed by atoms with Gasteiger partial charge >= 0.3 is 0 Å². The van der Waals surface area contributed by atoms with E-state index >= 15 is 0 Å². The van der Waals surface area contributed by atoms with Crippen molar-refractivity contribution in [2.24, 2.45) is 15.6 Å². The number of halogens is 1. The molecule has 0 amide bonds. The molecule has 0 saturated heterocycles. The van der Waals surface area contributed by atoms with Gasteiger partial charge in [0.2, 0.25) is 0 Å². The molecule has 0 fully saturated rings. The topological polar surface area (TPSA) is 36.8 Å². The fourth-order valence-electron chi connectivity index (χ4n) is 2.76. The third kappa shape index (κ3) is 3.81. The molecule has 0 bridgehead atoms. The van der Waals surface area contributed by atoms with E-state index in [2.05, 4.69) is 55.4 Å². The minimum absolute atomic E-state index is 0.155. The molecular weight excluding hydrogens is 277 g/mol. The van der Waals surface area contributed by atoms with E-state index in [0.29, 0.717) is 6.42 Å². The summed E-state index contributed by atoms with van der Waals surface area (Å²) < 4.78 is 12.3. The van der Waals surface area contributed by atoms with Gasteiger partial charge < -0.3 is 5.32 Å². The second-order valence-corrected chi connectivity index (χ2v) is 5.90. The Labute approximate surface area is 133 Å². The van der Waals surface area contributed by atoms with Crippen LogP contribution in [-0.2, 0) is 0 Å². The fraction of sp³-hybridized carbons (Fsp3) is 0.444. The molecule has 4 heteroatoms. The normalized spacial score (nSPS) is 19.5. The zero-order valence-electron chi connectivity index (χ0n) is 14.4. The summed E-state index contributed by atoms with van der Waals surface area (Å²) in [5.41, 5.74) is 5.47. The molecule has 1 aliphatic carbocycles. The highest BCUT2D eigenvalue weighted by molar-refractivity contribution is 5.73. The van der Waals surface area contributed by atoms with Crippen molar-refractivity contribution in [1.82, 2.24) is 5.32 Å². The molecule has 3 nitrogen and oxygen atoms in total. The second-order valence-electron chi connectivity index (χ2n) is 5.90. The van der Waals surface area contributed by atoms with Crippen LogP contribution in [0, 0.1) is 5.41 Å². The minimum Gasteiger partial charge on any atom is -0.388 e. The molecule has 1 N–H and O–H groups in total. The first-order valence-electron chi connectivity index (χ1n) is 7.43. The molecule has 0 unspecified atom stereocenters. The Morgan fingerprint density at radius 2 is 2.00 bits per heavy atom. The first-order chi connectivity index (χ1) is 10.4. The number of nitrogens with one attached hydrogen (secondary N) is 1. The monoisotopic (exact) mass is 303 g/mol. The van der Waals surface area contributed by atoms with Gasteiger partial charge in [0.05, 0.1) is 0 Å². The average molecular weight is 303 g/mol. The fourth-order valence-corrected chi connectivity index (χ4v) is 2.76. The van der Waals surface area contributed by atoms with Crippen molar-refractivity contribution < 1.29 is 4.48 Å². The van der Waals surface area contributed by atoms with Crippen LogP contribution < -0.4 is 5.32 Å². The Hall–Kier alpha value is -1.97. The van der Waals surface area contributed by atoms with E-state index in [4.69, 9.17) is 0 Å². The zero-order valence-corrected chi connectivity index (χ0v) is 14.4. The maximum atomic E-state index is 12.3.